The summed E-state index contributed by atoms with van der Waals surface area (Å²) in [6.07, 6.45) is 5.26. The van der Waals surface area contributed by atoms with Crippen LogP contribution in [0.5, 0.6) is 0 Å². The molecule has 4 heteroatoms. The zero-order valence-electron chi connectivity index (χ0n) is 10.5. The fourth-order valence-corrected chi connectivity index (χ4v) is 3.84. The van der Waals surface area contributed by atoms with Gasteiger partial charge in [-0.3, -0.25) is 0 Å². The molecule has 0 radical (unpaired) electrons. The van der Waals surface area contributed by atoms with Crippen LogP contribution < -0.4 is 10.6 Å². The standard InChI is InChI=1S/C14H19N3S/c15-9-10-17(11-5-1-2-6-11)14-16-12-7-3-4-8-13(12)18-14/h3-4,7-8,11H,1-2,5-6,9-10,15H2. The number of fused-ring (bicyclic) bond motifs is 1. The molecule has 2 N–H and O–H groups in total. The van der Waals surface area contributed by atoms with Gasteiger partial charge in [-0.25, -0.2) is 4.98 Å². The highest BCUT2D eigenvalue weighted by molar-refractivity contribution is 7.22. The van der Waals surface area contributed by atoms with Gasteiger partial charge < -0.3 is 10.6 Å². The van der Waals surface area contributed by atoms with Gasteiger partial charge in [0, 0.05) is 19.1 Å². The monoisotopic (exact) mass is 261 g/mol. The van der Waals surface area contributed by atoms with Gasteiger partial charge in [0.05, 0.1) is 10.2 Å². The largest absolute Gasteiger partial charge is 0.344 e. The molecule has 1 heterocycles. The summed E-state index contributed by atoms with van der Waals surface area (Å²) in [5.41, 5.74) is 6.87. The van der Waals surface area contributed by atoms with Gasteiger partial charge in [-0.1, -0.05) is 36.3 Å². The van der Waals surface area contributed by atoms with Crippen LogP contribution in [0.15, 0.2) is 24.3 Å². The molecule has 1 aliphatic rings. The van der Waals surface area contributed by atoms with E-state index < -0.39 is 0 Å². The lowest BCUT2D eigenvalue weighted by Gasteiger charge is -2.27. The Balaban J connectivity index is 1.92. The Hall–Kier alpha value is -1.13. The summed E-state index contributed by atoms with van der Waals surface area (Å²) < 4.78 is 1.27. The number of para-hydroxylation sites is 1. The van der Waals surface area contributed by atoms with Crippen molar-refractivity contribution in [2.45, 2.75) is 31.7 Å². The molecule has 0 aliphatic heterocycles. The van der Waals surface area contributed by atoms with Gasteiger partial charge in [0.2, 0.25) is 0 Å². The summed E-state index contributed by atoms with van der Waals surface area (Å²) in [4.78, 5) is 7.19. The first kappa shape index (κ1) is 11.9. The first-order valence-electron chi connectivity index (χ1n) is 6.71. The van der Waals surface area contributed by atoms with Gasteiger partial charge >= 0.3 is 0 Å². The van der Waals surface area contributed by atoms with Crippen LogP contribution >= 0.6 is 11.3 Å². The third-order valence-corrected chi connectivity index (χ3v) is 4.74. The zero-order chi connectivity index (χ0) is 12.4. The predicted molar refractivity (Wildman–Crippen MR) is 78.3 cm³/mol. The molecule has 1 aromatic carbocycles. The number of nitrogens with two attached hydrogens (primary N) is 1. The van der Waals surface area contributed by atoms with Gasteiger partial charge in [0.1, 0.15) is 0 Å². The molecule has 3 nitrogen and oxygen atoms in total. The Bertz CT molecular complexity index is 483. The van der Waals surface area contributed by atoms with E-state index in [4.69, 9.17) is 10.7 Å². The van der Waals surface area contributed by atoms with Crippen molar-refractivity contribution in [3.63, 3.8) is 0 Å². The summed E-state index contributed by atoms with van der Waals surface area (Å²) >= 11 is 1.79. The maximum Gasteiger partial charge on any atom is 0.186 e. The first-order valence-corrected chi connectivity index (χ1v) is 7.52. The molecular weight excluding hydrogens is 242 g/mol. The number of hydrogen-bond donors (Lipinski definition) is 1. The fraction of sp³-hybridized carbons (Fsp3) is 0.500. The Morgan fingerprint density at radius 3 is 2.78 bits per heavy atom. The molecule has 96 valence electrons. The topological polar surface area (TPSA) is 42.1 Å². The molecule has 1 fully saturated rings. The molecule has 1 saturated carbocycles. The second-order valence-electron chi connectivity index (χ2n) is 4.88. The summed E-state index contributed by atoms with van der Waals surface area (Å²) in [6.45, 7) is 1.62. The SMILES string of the molecule is NCCN(c1nc2ccccc2s1)C1CCCC1. The molecule has 1 aromatic heterocycles. The highest BCUT2D eigenvalue weighted by atomic mass is 32.1. The Morgan fingerprint density at radius 2 is 2.06 bits per heavy atom. The summed E-state index contributed by atoms with van der Waals surface area (Å²) in [7, 11) is 0. The van der Waals surface area contributed by atoms with Gasteiger partial charge in [0.15, 0.2) is 5.13 Å². The molecule has 0 unspecified atom stereocenters. The van der Waals surface area contributed by atoms with Crippen LogP contribution in [0.25, 0.3) is 10.2 Å². The normalized spacial score (nSPS) is 16.5. The maximum absolute atomic E-state index is 5.76. The first-order chi connectivity index (χ1) is 8.88. The molecule has 3 rings (SSSR count). The Kier molecular flexibility index (Phi) is 3.48. The lowest BCUT2D eigenvalue weighted by atomic mass is 10.2. The smallest absolute Gasteiger partial charge is 0.186 e. The van der Waals surface area contributed by atoms with E-state index in [1.165, 1.54) is 30.4 Å². The summed E-state index contributed by atoms with van der Waals surface area (Å²) in [5, 5.41) is 1.15. The predicted octanol–water partition coefficient (Wildman–Crippen LogP) is 3.00. The van der Waals surface area contributed by atoms with Gasteiger partial charge in [0.25, 0.3) is 0 Å². The number of hydrogen-bond acceptors (Lipinski definition) is 4. The lowest BCUT2D eigenvalue weighted by molar-refractivity contribution is 0.608. The molecule has 2 aromatic rings. The van der Waals surface area contributed by atoms with Gasteiger partial charge in [-0.15, -0.1) is 0 Å². The van der Waals surface area contributed by atoms with E-state index in [-0.39, 0.29) is 0 Å². The average Bonchev–Trinajstić information content (AvgIpc) is 3.04. The van der Waals surface area contributed by atoms with E-state index in [9.17, 15) is 0 Å². The van der Waals surface area contributed by atoms with Crippen molar-refractivity contribution in [1.82, 2.24) is 4.98 Å². The van der Waals surface area contributed by atoms with Crippen molar-refractivity contribution in [2.75, 3.05) is 18.0 Å². The average molecular weight is 261 g/mol. The van der Waals surface area contributed by atoms with Gasteiger partial charge in [-0.05, 0) is 25.0 Å². The van der Waals surface area contributed by atoms with Crippen LogP contribution in [0.1, 0.15) is 25.7 Å². The molecule has 0 bridgehead atoms. The summed E-state index contributed by atoms with van der Waals surface area (Å²) in [5.74, 6) is 0. The second kappa shape index (κ2) is 5.24. The molecule has 18 heavy (non-hydrogen) atoms. The van der Waals surface area contributed by atoms with Crippen LogP contribution in [-0.4, -0.2) is 24.1 Å². The van der Waals surface area contributed by atoms with Crippen molar-refractivity contribution in [3.8, 4) is 0 Å². The molecule has 0 spiro atoms. The second-order valence-corrected chi connectivity index (χ2v) is 5.89. The van der Waals surface area contributed by atoms with Gasteiger partial charge in [-0.2, -0.15) is 0 Å². The van der Waals surface area contributed by atoms with Crippen molar-refractivity contribution in [2.24, 2.45) is 5.73 Å². The molecule has 0 amide bonds. The quantitative estimate of drug-likeness (QED) is 0.920. The lowest BCUT2D eigenvalue weighted by Crippen LogP contribution is -2.37. The number of thiazole rings is 1. The minimum absolute atomic E-state index is 0.647. The number of nitrogens with zero attached hydrogens (tertiary/aromatic N) is 2. The van der Waals surface area contributed by atoms with E-state index in [1.807, 2.05) is 0 Å². The minimum Gasteiger partial charge on any atom is -0.344 e. The number of anilines is 1. The third-order valence-electron chi connectivity index (χ3n) is 3.66. The fourth-order valence-electron chi connectivity index (χ4n) is 2.77. The Labute approximate surface area is 112 Å². The van der Waals surface area contributed by atoms with Crippen LogP contribution in [0.3, 0.4) is 0 Å². The molecular formula is C14H19N3S. The van der Waals surface area contributed by atoms with Crippen molar-refractivity contribution in [1.29, 1.82) is 0 Å². The number of aromatic nitrogens is 1. The Morgan fingerprint density at radius 1 is 1.28 bits per heavy atom. The summed E-state index contributed by atoms with van der Waals surface area (Å²) in [6, 6.07) is 9.01. The van der Waals surface area contributed by atoms with E-state index in [1.54, 1.807) is 11.3 Å². The minimum atomic E-state index is 0.647. The number of benzene rings is 1. The van der Waals surface area contributed by atoms with Crippen molar-refractivity contribution < 1.29 is 0 Å². The molecule has 0 saturated heterocycles. The van der Waals surface area contributed by atoms with Crippen LogP contribution in [0.2, 0.25) is 0 Å². The molecule has 0 atom stereocenters. The van der Waals surface area contributed by atoms with E-state index >= 15 is 0 Å². The van der Waals surface area contributed by atoms with E-state index in [0.29, 0.717) is 12.6 Å². The van der Waals surface area contributed by atoms with E-state index in [2.05, 4.69) is 29.2 Å². The van der Waals surface area contributed by atoms with Crippen LogP contribution in [0, 0.1) is 0 Å². The highest BCUT2D eigenvalue weighted by Crippen LogP contribution is 2.33. The molecule has 1 aliphatic carbocycles. The zero-order valence-corrected chi connectivity index (χ0v) is 11.3. The third kappa shape index (κ3) is 2.22. The van der Waals surface area contributed by atoms with Crippen LogP contribution in [-0.2, 0) is 0 Å². The maximum atomic E-state index is 5.76. The van der Waals surface area contributed by atoms with Crippen LogP contribution in [0.4, 0.5) is 5.13 Å². The van der Waals surface area contributed by atoms with Crippen molar-refractivity contribution in [3.05, 3.63) is 24.3 Å². The number of rotatable bonds is 4. The van der Waals surface area contributed by atoms with Crippen molar-refractivity contribution >= 4 is 26.7 Å². The highest BCUT2D eigenvalue weighted by Gasteiger charge is 2.24. The van der Waals surface area contributed by atoms with E-state index in [0.717, 1.165) is 17.2 Å².